The standard InChI is InChI=1S/C21H24N2O4S/c1-11-17-14(8-9-16-18(17)23-12(2)28-16)27-19(11)21(24)22-10-13-6-5-7-15(25-3)20(13)26-4/h5-7,16,18H,8-10H2,1-4H3,(H,22,24). The van der Waals surface area contributed by atoms with Crippen LogP contribution < -0.4 is 14.8 Å². The molecule has 2 aromatic rings. The molecule has 6 nitrogen and oxygen atoms in total. The molecule has 28 heavy (non-hydrogen) atoms. The van der Waals surface area contributed by atoms with Gasteiger partial charge in [-0.1, -0.05) is 12.1 Å². The highest BCUT2D eigenvalue weighted by Gasteiger charge is 2.39. The molecule has 148 valence electrons. The van der Waals surface area contributed by atoms with Gasteiger partial charge in [-0.25, -0.2) is 0 Å². The quantitative estimate of drug-likeness (QED) is 0.819. The van der Waals surface area contributed by atoms with E-state index in [0.29, 0.717) is 29.1 Å². The first-order valence-corrected chi connectivity index (χ1v) is 10.2. The van der Waals surface area contributed by atoms with Gasteiger partial charge in [-0.3, -0.25) is 9.79 Å². The fraction of sp³-hybridized carbons (Fsp3) is 0.429. The Morgan fingerprint density at radius 3 is 2.89 bits per heavy atom. The van der Waals surface area contributed by atoms with Gasteiger partial charge in [-0.05, 0) is 26.3 Å². The van der Waals surface area contributed by atoms with Gasteiger partial charge in [0.05, 0.1) is 25.3 Å². The highest BCUT2D eigenvalue weighted by molar-refractivity contribution is 8.14. The number of benzene rings is 1. The van der Waals surface area contributed by atoms with Gasteiger partial charge in [-0.2, -0.15) is 0 Å². The van der Waals surface area contributed by atoms with Gasteiger partial charge in [0.1, 0.15) is 5.76 Å². The summed E-state index contributed by atoms with van der Waals surface area (Å²) >= 11 is 1.84. The molecule has 1 aliphatic carbocycles. The van der Waals surface area contributed by atoms with Gasteiger partial charge >= 0.3 is 0 Å². The Bertz CT molecular complexity index is 950. The van der Waals surface area contributed by atoms with Gasteiger partial charge in [-0.15, -0.1) is 11.8 Å². The molecule has 2 aliphatic rings. The molecule has 2 atom stereocenters. The van der Waals surface area contributed by atoms with E-state index in [2.05, 4.69) is 5.32 Å². The van der Waals surface area contributed by atoms with E-state index >= 15 is 0 Å². The van der Waals surface area contributed by atoms with E-state index in [1.54, 1.807) is 14.2 Å². The number of nitrogens with one attached hydrogen (secondary N) is 1. The highest BCUT2D eigenvalue weighted by atomic mass is 32.2. The van der Waals surface area contributed by atoms with E-state index < -0.39 is 0 Å². The first-order chi connectivity index (χ1) is 13.5. The molecule has 2 heterocycles. The second kappa shape index (κ2) is 7.54. The lowest BCUT2D eigenvalue weighted by molar-refractivity contribution is 0.0920. The van der Waals surface area contributed by atoms with Crippen molar-refractivity contribution in [3.63, 3.8) is 0 Å². The monoisotopic (exact) mass is 400 g/mol. The zero-order chi connectivity index (χ0) is 19.8. The molecular formula is C21H24N2O4S. The molecule has 0 saturated heterocycles. The van der Waals surface area contributed by atoms with Crippen LogP contribution in [0.3, 0.4) is 0 Å². The van der Waals surface area contributed by atoms with Crippen LogP contribution in [0.1, 0.15) is 52.4 Å². The number of fused-ring (bicyclic) bond motifs is 3. The van der Waals surface area contributed by atoms with Crippen molar-refractivity contribution in [2.45, 2.75) is 44.5 Å². The molecule has 0 radical (unpaired) electrons. The van der Waals surface area contributed by atoms with Crippen molar-refractivity contribution in [3.8, 4) is 11.5 Å². The number of nitrogens with zero attached hydrogens (tertiary/aromatic N) is 1. The predicted molar refractivity (Wildman–Crippen MR) is 110 cm³/mol. The summed E-state index contributed by atoms with van der Waals surface area (Å²) in [7, 11) is 3.18. The fourth-order valence-electron chi connectivity index (χ4n) is 4.06. The van der Waals surface area contributed by atoms with Gasteiger partial charge < -0.3 is 19.2 Å². The second-order valence-corrected chi connectivity index (χ2v) is 8.45. The maximum Gasteiger partial charge on any atom is 0.287 e. The summed E-state index contributed by atoms with van der Waals surface area (Å²) in [6.07, 6.45) is 1.88. The molecule has 2 unspecified atom stereocenters. The van der Waals surface area contributed by atoms with Gasteiger partial charge in [0.2, 0.25) is 0 Å². The van der Waals surface area contributed by atoms with E-state index in [1.807, 2.05) is 43.8 Å². The summed E-state index contributed by atoms with van der Waals surface area (Å²) in [6, 6.07) is 5.71. The lowest BCUT2D eigenvalue weighted by Gasteiger charge is -2.22. The molecular weight excluding hydrogens is 376 g/mol. The molecule has 0 saturated carbocycles. The summed E-state index contributed by atoms with van der Waals surface area (Å²) in [5.41, 5.74) is 2.85. The van der Waals surface area contributed by atoms with Crippen molar-refractivity contribution in [3.05, 3.63) is 46.4 Å². The number of para-hydroxylation sites is 1. The maximum absolute atomic E-state index is 12.8. The Balaban J connectivity index is 1.55. The maximum atomic E-state index is 12.8. The molecule has 1 aromatic heterocycles. The number of hydrogen-bond acceptors (Lipinski definition) is 6. The van der Waals surface area contributed by atoms with Crippen LogP contribution in [-0.4, -0.2) is 30.4 Å². The minimum atomic E-state index is -0.223. The largest absolute Gasteiger partial charge is 0.493 e. The lowest BCUT2D eigenvalue weighted by atomic mass is 9.90. The minimum Gasteiger partial charge on any atom is -0.493 e. The van der Waals surface area contributed by atoms with Crippen molar-refractivity contribution in [2.24, 2.45) is 4.99 Å². The van der Waals surface area contributed by atoms with E-state index in [4.69, 9.17) is 18.9 Å². The van der Waals surface area contributed by atoms with Crippen molar-refractivity contribution in [2.75, 3.05) is 14.2 Å². The summed E-state index contributed by atoms with van der Waals surface area (Å²) in [5, 5.41) is 4.52. The van der Waals surface area contributed by atoms with Crippen LogP contribution in [0.2, 0.25) is 0 Å². The Morgan fingerprint density at radius 2 is 2.14 bits per heavy atom. The third-order valence-electron chi connectivity index (χ3n) is 5.35. The number of aliphatic imine (C=N–C) groups is 1. The fourth-order valence-corrected chi connectivity index (χ4v) is 5.23. The molecule has 4 rings (SSSR count). The molecule has 1 amide bonds. The number of thioether (sulfide) groups is 1. The molecule has 1 aliphatic heterocycles. The van der Waals surface area contributed by atoms with E-state index in [1.165, 1.54) is 0 Å². The van der Waals surface area contributed by atoms with Crippen LogP contribution in [0.15, 0.2) is 27.6 Å². The van der Waals surface area contributed by atoms with E-state index in [-0.39, 0.29) is 11.9 Å². The number of furan rings is 1. The Morgan fingerprint density at radius 1 is 1.32 bits per heavy atom. The SMILES string of the molecule is COc1cccc(CNC(=O)c2oc3c(c2C)C2N=C(C)SC2CC3)c1OC. The second-order valence-electron chi connectivity index (χ2n) is 7.02. The van der Waals surface area contributed by atoms with Crippen LogP contribution in [-0.2, 0) is 13.0 Å². The molecule has 7 heteroatoms. The summed E-state index contributed by atoms with van der Waals surface area (Å²) in [6.45, 7) is 4.33. The van der Waals surface area contributed by atoms with Crippen molar-refractivity contribution < 1.29 is 18.7 Å². The topological polar surface area (TPSA) is 73.1 Å². The Hall–Kier alpha value is -2.41. The zero-order valence-electron chi connectivity index (χ0n) is 16.5. The summed E-state index contributed by atoms with van der Waals surface area (Å²) < 4.78 is 16.7. The summed E-state index contributed by atoms with van der Waals surface area (Å²) in [5.74, 6) is 2.33. The smallest absolute Gasteiger partial charge is 0.287 e. The lowest BCUT2D eigenvalue weighted by Crippen LogP contribution is -2.23. The van der Waals surface area contributed by atoms with Crippen LogP contribution in [0.25, 0.3) is 0 Å². The average Bonchev–Trinajstić information content (AvgIpc) is 3.24. The van der Waals surface area contributed by atoms with Crippen LogP contribution in [0, 0.1) is 6.92 Å². The number of hydrogen-bond donors (Lipinski definition) is 1. The van der Waals surface area contributed by atoms with Crippen LogP contribution in [0.5, 0.6) is 11.5 Å². The van der Waals surface area contributed by atoms with Gasteiger partial charge in [0.15, 0.2) is 17.3 Å². The molecule has 1 N–H and O–H groups in total. The Kier molecular flexibility index (Phi) is 5.10. The highest BCUT2D eigenvalue weighted by Crippen LogP contribution is 2.47. The molecule has 1 aromatic carbocycles. The third kappa shape index (κ3) is 3.17. The van der Waals surface area contributed by atoms with Crippen molar-refractivity contribution in [1.82, 2.24) is 5.32 Å². The average molecular weight is 401 g/mol. The zero-order valence-corrected chi connectivity index (χ0v) is 17.3. The number of carbonyl (C=O) groups excluding carboxylic acids is 1. The normalized spacial score (nSPS) is 20.2. The van der Waals surface area contributed by atoms with Crippen molar-refractivity contribution >= 4 is 22.7 Å². The molecule has 0 bridgehead atoms. The van der Waals surface area contributed by atoms with E-state index in [0.717, 1.165) is 40.3 Å². The van der Waals surface area contributed by atoms with Crippen LogP contribution in [0.4, 0.5) is 0 Å². The van der Waals surface area contributed by atoms with Crippen LogP contribution >= 0.6 is 11.8 Å². The Labute approximate surface area is 168 Å². The number of aryl methyl sites for hydroxylation is 1. The number of carbonyl (C=O) groups is 1. The minimum absolute atomic E-state index is 0.109. The number of amides is 1. The first kappa shape index (κ1) is 18.9. The number of rotatable bonds is 5. The molecule has 0 spiro atoms. The van der Waals surface area contributed by atoms with Gasteiger partial charge in [0.25, 0.3) is 5.91 Å². The van der Waals surface area contributed by atoms with Gasteiger partial charge in [0, 0.05) is 34.9 Å². The molecule has 0 fully saturated rings. The van der Waals surface area contributed by atoms with E-state index in [9.17, 15) is 4.79 Å². The summed E-state index contributed by atoms with van der Waals surface area (Å²) in [4.78, 5) is 17.6. The number of methoxy groups -OCH3 is 2. The predicted octanol–water partition coefficient (Wildman–Crippen LogP) is 4.06. The first-order valence-electron chi connectivity index (χ1n) is 9.34. The number of ether oxygens (including phenoxy) is 2. The third-order valence-corrected chi connectivity index (χ3v) is 6.59. The van der Waals surface area contributed by atoms with Crippen molar-refractivity contribution in [1.29, 1.82) is 0 Å².